The minimum atomic E-state index is -0.521. The number of amides is 3. The molecule has 7 heteroatoms. The molecule has 0 unspecified atom stereocenters. The molecule has 98 valence electrons. The number of nitrogens with one attached hydrogen (secondary N) is 3. The van der Waals surface area contributed by atoms with Crippen LogP contribution in [0.3, 0.4) is 0 Å². The van der Waals surface area contributed by atoms with E-state index in [2.05, 4.69) is 20.9 Å². The Labute approximate surface area is 104 Å². The fourth-order valence-corrected chi connectivity index (χ4v) is 1.23. The van der Waals surface area contributed by atoms with E-state index in [1.807, 2.05) is 0 Å². The Morgan fingerprint density at radius 2 is 2.17 bits per heavy atom. The number of aromatic nitrogens is 1. The number of hydrogen-bond acceptors (Lipinski definition) is 3. The molecule has 0 aromatic carbocycles. The summed E-state index contributed by atoms with van der Waals surface area (Å²) >= 11 is 0. The second-order valence-electron chi connectivity index (χ2n) is 3.55. The molecule has 18 heavy (non-hydrogen) atoms. The van der Waals surface area contributed by atoms with E-state index < -0.39 is 11.8 Å². The number of carbonyl (C=O) groups excluding carboxylic acids is 2. The van der Waals surface area contributed by atoms with Crippen molar-refractivity contribution in [2.24, 2.45) is 0 Å². The third-order valence-corrected chi connectivity index (χ3v) is 2.11. The van der Waals surface area contributed by atoms with Gasteiger partial charge in [-0.05, 0) is 6.42 Å². The van der Waals surface area contributed by atoms with Crippen molar-refractivity contribution in [2.45, 2.75) is 12.8 Å². The molecule has 0 atom stereocenters. The van der Waals surface area contributed by atoms with Crippen LogP contribution in [0.15, 0.2) is 18.5 Å². The molecule has 0 radical (unpaired) electrons. The van der Waals surface area contributed by atoms with Crippen molar-refractivity contribution in [3.63, 3.8) is 0 Å². The number of pyridine rings is 1. The SMILES string of the molecule is CNC(=O)CCCNC(=O)Nc1cncc(F)c1. The summed E-state index contributed by atoms with van der Waals surface area (Å²) in [7, 11) is 1.55. The number of carbonyl (C=O) groups is 2. The fraction of sp³-hybridized carbons (Fsp3) is 0.364. The van der Waals surface area contributed by atoms with Crippen LogP contribution in [-0.4, -0.2) is 30.5 Å². The number of halogens is 1. The van der Waals surface area contributed by atoms with Crippen LogP contribution >= 0.6 is 0 Å². The lowest BCUT2D eigenvalue weighted by Gasteiger charge is -2.06. The molecule has 0 saturated carbocycles. The Morgan fingerprint density at radius 3 is 2.83 bits per heavy atom. The van der Waals surface area contributed by atoms with Crippen molar-refractivity contribution in [3.05, 3.63) is 24.3 Å². The quantitative estimate of drug-likeness (QED) is 0.682. The van der Waals surface area contributed by atoms with Crippen molar-refractivity contribution in [2.75, 3.05) is 18.9 Å². The second kappa shape index (κ2) is 7.21. The molecule has 0 spiro atoms. The summed E-state index contributed by atoms with van der Waals surface area (Å²) in [6.45, 7) is 0.363. The van der Waals surface area contributed by atoms with Crippen molar-refractivity contribution in [1.82, 2.24) is 15.6 Å². The zero-order valence-corrected chi connectivity index (χ0v) is 10.00. The van der Waals surface area contributed by atoms with Crippen LogP contribution in [0.25, 0.3) is 0 Å². The molecule has 1 aromatic heterocycles. The summed E-state index contributed by atoms with van der Waals surface area (Å²) < 4.78 is 12.8. The summed E-state index contributed by atoms with van der Waals surface area (Å²) in [6, 6.07) is 0.705. The fourth-order valence-electron chi connectivity index (χ4n) is 1.23. The van der Waals surface area contributed by atoms with Gasteiger partial charge in [0.15, 0.2) is 0 Å². The van der Waals surface area contributed by atoms with E-state index in [1.54, 1.807) is 7.05 Å². The molecule has 0 saturated heterocycles. The van der Waals surface area contributed by atoms with Crippen LogP contribution in [-0.2, 0) is 4.79 Å². The Morgan fingerprint density at radius 1 is 1.39 bits per heavy atom. The highest BCUT2D eigenvalue weighted by Gasteiger charge is 2.03. The van der Waals surface area contributed by atoms with E-state index in [-0.39, 0.29) is 11.6 Å². The van der Waals surface area contributed by atoms with E-state index in [1.165, 1.54) is 6.20 Å². The second-order valence-corrected chi connectivity index (χ2v) is 3.55. The van der Waals surface area contributed by atoms with Crippen LogP contribution < -0.4 is 16.0 Å². The van der Waals surface area contributed by atoms with Gasteiger partial charge in [-0.1, -0.05) is 0 Å². The minimum Gasteiger partial charge on any atom is -0.359 e. The molecule has 0 aliphatic heterocycles. The maximum absolute atomic E-state index is 12.8. The minimum absolute atomic E-state index is 0.0773. The van der Waals surface area contributed by atoms with Gasteiger partial charge in [-0.3, -0.25) is 9.78 Å². The molecular weight excluding hydrogens is 239 g/mol. The molecule has 6 nitrogen and oxygen atoms in total. The molecule has 0 bridgehead atoms. The van der Waals surface area contributed by atoms with Crippen molar-refractivity contribution in [3.8, 4) is 0 Å². The maximum atomic E-state index is 12.8. The number of nitrogens with zero attached hydrogens (tertiary/aromatic N) is 1. The lowest BCUT2D eigenvalue weighted by Crippen LogP contribution is -2.30. The van der Waals surface area contributed by atoms with Crippen LogP contribution in [0.5, 0.6) is 0 Å². The zero-order valence-electron chi connectivity index (χ0n) is 10.00. The molecule has 1 heterocycles. The van der Waals surface area contributed by atoms with Crippen molar-refractivity contribution >= 4 is 17.6 Å². The average molecular weight is 254 g/mol. The topological polar surface area (TPSA) is 83.1 Å². The summed E-state index contributed by atoms with van der Waals surface area (Å²) in [6.07, 6.45) is 3.27. The Kier molecular flexibility index (Phi) is 5.56. The number of rotatable bonds is 5. The predicted octanol–water partition coefficient (Wildman–Crippen LogP) is 0.868. The van der Waals surface area contributed by atoms with Crippen molar-refractivity contribution in [1.29, 1.82) is 0 Å². The lowest BCUT2D eigenvalue weighted by atomic mass is 10.3. The summed E-state index contributed by atoms with van der Waals surface area (Å²) in [5.74, 6) is -0.598. The van der Waals surface area contributed by atoms with Crippen LogP contribution in [0.4, 0.5) is 14.9 Å². The Balaban J connectivity index is 2.24. The first-order valence-corrected chi connectivity index (χ1v) is 5.48. The first kappa shape index (κ1) is 13.9. The Bertz CT molecular complexity index is 425. The van der Waals surface area contributed by atoms with Crippen LogP contribution in [0.2, 0.25) is 0 Å². The molecule has 1 aromatic rings. The molecular formula is C11H15FN4O2. The van der Waals surface area contributed by atoms with Crippen molar-refractivity contribution < 1.29 is 14.0 Å². The summed E-state index contributed by atoms with van der Waals surface area (Å²) in [5, 5.41) is 7.46. The smallest absolute Gasteiger partial charge is 0.319 e. The van der Waals surface area contributed by atoms with Gasteiger partial charge in [0.1, 0.15) is 5.82 Å². The lowest BCUT2D eigenvalue weighted by molar-refractivity contribution is -0.120. The van der Waals surface area contributed by atoms with Gasteiger partial charge in [0.2, 0.25) is 5.91 Å². The van der Waals surface area contributed by atoms with Gasteiger partial charge in [-0.2, -0.15) is 0 Å². The first-order valence-electron chi connectivity index (χ1n) is 5.48. The number of urea groups is 1. The van der Waals surface area contributed by atoms with Crippen LogP contribution in [0, 0.1) is 5.82 Å². The zero-order chi connectivity index (χ0) is 13.4. The molecule has 0 aliphatic carbocycles. The highest BCUT2D eigenvalue weighted by molar-refractivity contribution is 5.88. The average Bonchev–Trinajstić information content (AvgIpc) is 2.34. The van der Waals surface area contributed by atoms with Gasteiger partial charge in [0, 0.05) is 26.1 Å². The monoisotopic (exact) mass is 254 g/mol. The maximum Gasteiger partial charge on any atom is 0.319 e. The van der Waals surface area contributed by atoms with Gasteiger partial charge in [-0.25, -0.2) is 9.18 Å². The van der Waals surface area contributed by atoms with Gasteiger partial charge in [0.05, 0.1) is 18.1 Å². The van der Waals surface area contributed by atoms with E-state index >= 15 is 0 Å². The normalized spacial score (nSPS) is 9.67. The summed E-state index contributed by atoms with van der Waals surface area (Å²) in [4.78, 5) is 25.9. The Hall–Kier alpha value is -2.18. The standard InChI is InChI=1S/C11H15FN4O2/c1-13-10(17)3-2-4-15-11(18)16-9-5-8(12)6-14-7-9/h5-7H,2-4H2,1H3,(H,13,17)(H2,15,16,18). The number of anilines is 1. The highest BCUT2D eigenvalue weighted by Crippen LogP contribution is 2.05. The summed E-state index contributed by atoms with van der Waals surface area (Å²) in [5.41, 5.74) is 0.277. The van der Waals surface area contributed by atoms with E-state index in [0.717, 1.165) is 12.3 Å². The molecule has 0 aliphatic rings. The van der Waals surface area contributed by atoms with E-state index in [4.69, 9.17) is 0 Å². The molecule has 3 N–H and O–H groups in total. The van der Waals surface area contributed by atoms with Gasteiger partial charge in [0.25, 0.3) is 0 Å². The third-order valence-electron chi connectivity index (χ3n) is 2.11. The van der Waals surface area contributed by atoms with Crippen LogP contribution in [0.1, 0.15) is 12.8 Å². The van der Waals surface area contributed by atoms with Gasteiger partial charge in [-0.15, -0.1) is 0 Å². The molecule has 1 rings (SSSR count). The molecule has 3 amide bonds. The third kappa shape index (κ3) is 5.24. The first-order chi connectivity index (χ1) is 8.61. The molecule has 0 fully saturated rings. The van der Waals surface area contributed by atoms with Gasteiger partial charge < -0.3 is 16.0 Å². The highest BCUT2D eigenvalue weighted by atomic mass is 19.1. The van der Waals surface area contributed by atoms with E-state index in [0.29, 0.717) is 19.4 Å². The number of hydrogen-bond donors (Lipinski definition) is 3. The largest absolute Gasteiger partial charge is 0.359 e. The van der Waals surface area contributed by atoms with E-state index in [9.17, 15) is 14.0 Å². The van der Waals surface area contributed by atoms with Gasteiger partial charge >= 0.3 is 6.03 Å². The predicted molar refractivity (Wildman–Crippen MR) is 64.5 cm³/mol.